The Bertz CT molecular complexity index is 356. The Hall–Kier alpha value is -0.780. The molecule has 1 atom stereocenters. The summed E-state index contributed by atoms with van der Waals surface area (Å²) in [5.41, 5.74) is 0. The number of alkyl halides is 1. The Morgan fingerprint density at radius 3 is 3.00 bits per heavy atom. The molecular weight excluding hydrogens is 262 g/mol. The van der Waals surface area contributed by atoms with Crippen LogP contribution in [0.15, 0.2) is 11.4 Å². The minimum atomic E-state index is -0.127. The van der Waals surface area contributed by atoms with Gasteiger partial charge in [-0.05, 0) is 17.9 Å². The Balaban J connectivity index is 2.35. The fraction of sp³-hybridized carbons (Fsp3) is 0.545. The number of hydrogen-bond donors (Lipinski definition) is 1. The lowest BCUT2D eigenvalue weighted by atomic mass is 10.3. The minimum absolute atomic E-state index is 0.0782. The van der Waals surface area contributed by atoms with E-state index in [-0.39, 0.29) is 11.3 Å². The Labute approximate surface area is 110 Å². The van der Waals surface area contributed by atoms with Crippen LogP contribution in [0.1, 0.15) is 16.1 Å². The van der Waals surface area contributed by atoms with Gasteiger partial charge in [-0.15, -0.1) is 22.9 Å². The molecule has 0 fully saturated rings. The summed E-state index contributed by atoms with van der Waals surface area (Å²) in [6, 6.07) is 1.77. The van der Waals surface area contributed by atoms with Crippen LogP contribution >= 0.6 is 22.9 Å². The summed E-state index contributed by atoms with van der Waals surface area (Å²) in [5.74, 6) is 0.477. The molecular formula is C11H16ClNO3S. The first-order valence-electron chi connectivity index (χ1n) is 5.21. The molecule has 0 radical (unpaired) electrons. The van der Waals surface area contributed by atoms with Crippen LogP contribution in [-0.2, 0) is 4.74 Å². The van der Waals surface area contributed by atoms with Crippen molar-refractivity contribution in [2.24, 2.45) is 0 Å². The number of rotatable bonds is 7. The van der Waals surface area contributed by atoms with Crippen LogP contribution in [0.4, 0.5) is 0 Å². The lowest BCUT2D eigenvalue weighted by molar-refractivity contribution is 0.0953. The zero-order valence-electron chi connectivity index (χ0n) is 9.86. The zero-order valence-corrected chi connectivity index (χ0v) is 11.4. The molecule has 1 unspecified atom stereocenters. The highest BCUT2D eigenvalue weighted by molar-refractivity contribution is 7.12. The van der Waals surface area contributed by atoms with Gasteiger partial charge in [0.25, 0.3) is 5.91 Å². The maximum Gasteiger partial charge on any atom is 0.265 e. The first-order chi connectivity index (χ1) is 8.19. The average molecular weight is 278 g/mol. The fourth-order valence-corrected chi connectivity index (χ4v) is 2.32. The van der Waals surface area contributed by atoms with Crippen molar-refractivity contribution in [1.82, 2.24) is 5.32 Å². The van der Waals surface area contributed by atoms with Crippen molar-refractivity contribution in [2.75, 3.05) is 27.4 Å². The van der Waals surface area contributed by atoms with E-state index in [1.807, 2.05) is 5.38 Å². The molecule has 0 aliphatic carbocycles. The summed E-state index contributed by atoms with van der Waals surface area (Å²) in [4.78, 5) is 12.4. The van der Waals surface area contributed by atoms with E-state index < -0.39 is 0 Å². The quantitative estimate of drug-likeness (QED) is 0.777. The summed E-state index contributed by atoms with van der Waals surface area (Å²) in [6.45, 7) is 1.01. The molecule has 0 aromatic carbocycles. The molecule has 0 saturated carbocycles. The molecule has 1 N–H and O–H groups in total. The SMILES string of the molecule is COCC(Cl)CCNC(=O)c1sccc1OC. The van der Waals surface area contributed by atoms with Crippen LogP contribution < -0.4 is 10.1 Å². The highest BCUT2D eigenvalue weighted by atomic mass is 35.5. The standard InChI is InChI=1S/C11H16ClNO3S/c1-15-7-8(12)3-5-13-11(14)10-9(16-2)4-6-17-10/h4,6,8H,3,5,7H2,1-2H3,(H,13,14). The van der Waals surface area contributed by atoms with Crippen molar-refractivity contribution in [3.63, 3.8) is 0 Å². The van der Waals surface area contributed by atoms with Crippen LogP contribution in [0.3, 0.4) is 0 Å². The third kappa shape index (κ3) is 4.53. The molecule has 1 aromatic rings. The molecule has 0 saturated heterocycles. The number of hydrogen-bond acceptors (Lipinski definition) is 4. The van der Waals surface area contributed by atoms with Gasteiger partial charge in [0.2, 0.25) is 0 Å². The third-order valence-corrected chi connectivity index (χ3v) is 3.38. The second kappa shape index (κ2) is 7.53. The summed E-state index contributed by atoms with van der Waals surface area (Å²) in [7, 11) is 3.15. The summed E-state index contributed by atoms with van der Waals surface area (Å²) in [5, 5.41) is 4.54. The number of halogens is 1. The first kappa shape index (κ1) is 14.3. The van der Waals surface area contributed by atoms with Crippen molar-refractivity contribution in [3.8, 4) is 5.75 Å². The normalized spacial score (nSPS) is 12.2. The van der Waals surface area contributed by atoms with Crippen molar-refractivity contribution < 1.29 is 14.3 Å². The fourth-order valence-electron chi connectivity index (χ4n) is 1.31. The molecule has 4 nitrogen and oxygen atoms in total. The van der Waals surface area contributed by atoms with Crippen LogP contribution in [0.2, 0.25) is 0 Å². The molecule has 1 rings (SSSR count). The topological polar surface area (TPSA) is 47.6 Å². The predicted octanol–water partition coefficient (Wildman–Crippen LogP) is 2.13. The summed E-state index contributed by atoms with van der Waals surface area (Å²) in [6.07, 6.45) is 0.675. The van der Waals surface area contributed by atoms with Crippen molar-refractivity contribution >= 4 is 28.8 Å². The van der Waals surface area contributed by atoms with Gasteiger partial charge in [0.1, 0.15) is 10.6 Å². The molecule has 0 aliphatic heterocycles. The largest absolute Gasteiger partial charge is 0.495 e. The van der Waals surface area contributed by atoms with Gasteiger partial charge in [-0.2, -0.15) is 0 Å². The van der Waals surface area contributed by atoms with Crippen molar-refractivity contribution in [1.29, 1.82) is 0 Å². The Kier molecular flexibility index (Phi) is 6.32. The van der Waals surface area contributed by atoms with E-state index in [2.05, 4.69) is 5.32 Å². The molecule has 1 heterocycles. The molecule has 17 heavy (non-hydrogen) atoms. The lowest BCUT2D eigenvalue weighted by Crippen LogP contribution is -2.26. The molecule has 0 spiro atoms. The highest BCUT2D eigenvalue weighted by Gasteiger charge is 2.13. The smallest absolute Gasteiger partial charge is 0.265 e. The second-order valence-electron chi connectivity index (χ2n) is 3.42. The van der Waals surface area contributed by atoms with Crippen LogP contribution in [0.5, 0.6) is 5.75 Å². The first-order valence-corrected chi connectivity index (χ1v) is 6.53. The van der Waals surface area contributed by atoms with Crippen LogP contribution in [0.25, 0.3) is 0 Å². The molecule has 6 heteroatoms. The van der Waals surface area contributed by atoms with Gasteiger partial charge < -0.3 is 14.8 Å². The van der Waals surface area contributed by atoms with E-state index in [1.54, 1.807) is 20.3 Å². The van der Waals surface area contributed by atoms with Gasteiger partial charge in [0.15, 0.2) is 0 Å². The average Bonchev–Trinajstić information content (AvgIpc) is 2.77. The maximum atomic E-state index is 11.8. The maximum absolute atomic E-state index is 11.8. The number of ether oxygens (including phenoxy) is 2. The van der Waals surface area contributed by atoms with Gasteiger partial charge in [0.05, 0.1) is 19.1 Å². The number of carbonyl (C=O) groups excluding carboxylic acids is 1. The predicted molar refractivity (Wildman–Crippen MR) is 69.3 cm³/mol. The molecule has 0 aliphatic rings. The van der Waals surface area contributed by atoms with Gasteiger partial charge >= 0.3 is 0 Å². The van der Waals surface area contributed by atoms with Crippen LogP contribution in [-0.4, -0.2) is 38.7 Å². The van der Waals surface area contributed by atoms with Gasteiger partial charge in [-0.3, -0.25) is 4.79 Å². The zero-order chi connectivity index (χ0) is 12.7. The van der Waals surface area contributed by atoms with E-state index in [9.17, 15) is 4.79 Å². The number of nitrogens with one attached hydrogen (secondary N) is 1. The Morgan fingerprint density at radius 2 is 2.35 bits per heavy atom. The molecule has 1 aromatic heterocycles. The number of amides is 1. The van der Waals surface area contributed by atoms with E-state index >= 15 is 0 Å². The molecule has 0 bridgehead atoms. The van der Waals surface area contributed by atoms with Gasteiger partial charge in [-0.1, -0.05) is 0 Å². The van der Waals surface area contributed by atoms with E-state index in [0.29, 0.717) is 30.2 Å². The van der Waals surface area contributed by atoms with Gasteiger partial charge in [0, 0.05) is 13.7 Å². The Morgan fingerprint density at radius 1 is 1.59 bits per heavy atom. The van der Waals surface area contributed by atoms with E-state index in [1.165, 1.54) is 11.3 Å². The van der Waals surface area contributed by atoms with E-state index in [4.69, 9.17) is 21.1 Å². The minimum Gasteiger partial charge on any atom is -0.495 e. The van der Waals surface area contributed by atoms with Crippen LogP contribution in [0, 0.1) is 0 Å². The molecule has 1 amide bonds. The highest BCUT2D eigenvalue weighted by Crippen LogP contribution is 2.23. The number of methoxy groups -OCH3 is 2. The number of thiophene rings is 1. The number of carbonyl (C=O) groups is 1. The third-order valence-electron chi connectivity index (χ3n) is 2.15. The van der Waals surface area contributed by atoms with E-state index in [0.717, 1.165) is 0 Å². The van der Waals surface area contributed by atoms with Gasteiger partial charge in [-0.25, -0.2) is 0 Å². The van der Waals surface area contributed by atoms with Crippen molar-refractivity contribution in [3.05, 3.63) is 16.3 Å². The summed E-state index contributed by atoms with van der Waals surface area (Å²) >= 11 is 7.31. The molecule has 96 valence electrons. The lowest BCUT2D eigenvalue weighted by Gasteiger charge is -2.09. The summed E-state index contributed by atoms with van der Waals surface area (Å²) < 4.78 is 9.98. The van der Waals surface area contributed by atoms with Crippen molar-refractivity contribution in [2.45, 2.75) is 11.8 Å². The second-order valence-corrected chi connectivity index (χ2v) is 4.95. The monoisotopic (exact) mass is 277 g/mol.